The van der Waals surface area contributed by atoms with Gasteiger partial charge in [0.25, 0.3) is 0 Å². The highest BCUT2D eigenvalue weighted by atomic mass is 35.5. The summed E-state index contributed by atoms with van der Waals surface area (Å²) in [6.45, 7) is 6.23. The van der Waals surface area contributed by atoms with E-state index in [9.17, 15) is 13.2 Å². The van der Waals surface area contributed by atoms with E-state index < -0.39 is 16.1 Å². The fourth-order valence-corrected chi connectivity index (χ4v) is 4.40. The molecule has 0 fully saturated rings. The zero-order valence-electron chi connectivity index (χ0n) is 17.1. The predicted molar refractivity (Wildman–Crippen MR) is 117 cm³/mol. The van der Waals surface area contributed by atoms with Gasteiger partial charge < -0.3 is 10.1 Å². The number of carbonyl (C=O) groups excluding carboxylic acids is 1. The fourth-order valence-electron chi connectivity index (χ4n) is 3.03. The molecule has 1 unspecified atom stereocenters. The number of para-hydroxylation sites is 1. The zero-order valence-corrected chi connectivity index (χ0v) is 18.7. The van der Waals surface area contributed by atoms with Crippen LogP contribution in [0.25, 0.3) is 0 Å². The van der Waals surface area contributed by atoms with Crippen molar-refractivity contribution >= 4 is 33.2 Å². The van der Waals surface area contributed by atoms with Crippen molar-refractivity contribution in [1.82, 2.24) is 5.32 Å². The smallest absolute Gasteiger partial charge is 0.244 e. The lowest BCUT2D eigenvalue weighted by Crippen LogP contribution is -2.49. The summed E-state index contributed by atoms with van der Waals surface area (Å²) >= 11 is 6.19. The monoisotopic (exact) mass is 438 g/mol. The first kappa shape index (κ1) is 23.0. The third-order valence-corrected chi connectivity index (χ3v) is 6.05. The molecule has 1 atom stereocenters. The molecule has 2 aromatic carbocycles. The van der Waals surface area contributed by atoms with E-state index in [-0.39, 0.29) is 12.5 Å². The van der Waals surface area contributed by atoms with E-state index >= 15 is 0 Å². The number of anilines is 1. The second-order valence-electron chi connectivity index (χ2n) is 6.67. The molecule has 0 bridgehead atoms. The van der Waals surface area contributed by atoms with Crippen molar-refractivity contribution in [2.45, 2.75) is 39.8 Å². The Bertz CT molecular complexity index is 963. The van der Waals surface area contributed by atoms with E-state index in [2.05, 4.69) is 5.32 Å². The number of aryl methyl sites for hydroxylation is 1. The Labute approximate surface area is 177 Å². The number of ether oxygens (including phenoxy) is 1. The summed E-state index contributed by atoms with van der Waals surface area (Å²) < 4.78 is 31.8. The first-order valence-electron chi connectivity index (χ1n) is 9.43. The molecule has 2 rings (SSSR count). The van der Waals surface area contributed by atoms with Crippen molar-refractivity contribution < 1.29 is 17.9 Å². The summed E-state index contributed by atoms with van der Waals surface area (Å²) in [6, 6.07) is 11.5. The molecule has 29 heavy (non-hydrogen) atoms. The molecule has 0 aliphatic heterocycles. The van der Waals surface area contributed by atoms with Crippen LogP contribution in [0.1, 0.15) is 31.4 Å². The quantitative estimate of drug-likeness (QED) is 0.644. The number of benzene rings is 2. The highest BCUT2D eigenvalue weighted by molar-refractivity contribution is 7.92. The van der Waals surface area contributed by atoms with Gasteiger partial charge in [-0.2, -0.15) is 0 Å². The average molecular weight is 439 g/mol. The number of nitrogens with zero attached hydrogens (tertiary/aromatic N) is 1. The van der Waals surface area contributed by atoms with Gasteiger partial charge in [-0.1, -0.05) is 42.8 Å². The Morgan fingerprint density at radius 2 is 1.90 bits per heavy atom. The largest absolute Gasteiger partial charge is 0.494 e. The summed E-state index contributed by atoms with van der Waals surface area (Å²) in [6.07, 6.45) is 1.39. The highest BCUT2D eigenvalue weighted by Crippen LogP contribution is 2.28. The number of sulfonamides is 1. The first-order valence-corrected chi connectivity index (χ1v) is 11.7. The molecule has 1 N–H and O–H groups in total. The number of amides is 1. The average Bonchev–Trinajstić information content (AvgIpc) is 2.66. The standard InChI is InChI=1S/C21H27ClN2O4S/c1-5-19(21(25)23-14-16-9-7-8-10-20(16)28-6-2)24(29(4,26)27)17-12-11-15(3)18(22)13-17/h7-13,19H,5-6,14H2,1-4H3,(H,23,25). The number of hydrogen-bond acceptors (Lipinski definition) is 4. The molecule has 0 aromatic heterocycles. The molecule has 0 radical (unpaired) electrons. The van der Waals surface area contributed by atoms with Crippen LogP contribution in [0, 0.1) is 6.92 Å². The minimum absolute atomic E-state index is 0.234. The first-order chi connectivity index (χ1) is 13.7. The van der Waals surface area contributed by atoms with Crippen LogP contribution in [0.3, 0.4) is 0 Å². The second kappa shape index (κ2) is 9.98. The van der Waals surface area contributed by atoms with Crippen molar-refractivity contribution in [1.29, 1.82) is 0 Å². The predicted octanol–water partition coefficient (Wildman–Crippen LogP) is 3.91. The summed E-state index contributed by atoms with van der Waals surface area (Å²) in [5, 5.41) is 3.28. The fraction of sp³-hybridized carbons (Fsp3) is 0.381. The Hall–Kier alpha value is -2.25. The highest BCUT2D eigenvalue weighted by Gasteiger charge is 2.31. The molecule has 0 spiro atoms. The van der Waals surface area contributed by atoms with Gasteiger partial charge in [-0.15, -0.1) is 0 Å². The number of nitrogens with one attached hydrogen (secondary N) is 1. The Kier molecular flexibility index (Phi) is 7.93. The summed E-state index contributed by atoms with van der Waals surface area (Å²) in [7, 11) is -3.71. The van der Waals surface area contributed by atoms with Gasteiger partial charge in [-0.05, 0) is 44.0 Å². The summed E-state index contributed by atoms with van der Waals surface area (Å²) in [5.41, 5.74) is 2.01. The minimum Gasteiger partial charge on any atom is -0.494 e. The molecule has 0 aliphatic carbocycles. The van der Waals surface area contributed by atoms with Crippen molar-refractivity contribution in [3.05, 3.63) is 58.6 Å². The maximum Gasteiger partial charge on any atom is 0.244 e. The van der Waals surface area contributed by atoms with E-state index in [0.717, 1.165) is 21.7 Å². The maximum absolute atomic E-state index is 12.9. The van der Waals surface area contributed by atoms with Crippen LogP contribution in [0.2, 0.25) is 5.02 Å². The Balaban J connectivity index is 2.28. The number of hydrogen-bond donors (Lipinski definition) is 1. The number of halogens is 1. The SMILES string of the molecule is CCOc1ccccc1CNC(=O)C(CC)N(c1ccc(C)c(Cl)c1)S(C)(=O)=O. The molecule has 158 valence electrons. The zero-order chi connectivity index (χ0) is 21.6. The van der Waals surface area contributed by atoms with E-state index in [4.69, 9.17) is 16.3 Å². The number of rotatable bonds is 9. The van der Waals surface area contributed by atoms with E-state index in [1.165, 1.54) is 0 Å². The molecule has 0 aliphatic rings. The van der Waals surface area contributed by atoms with Gasteiger partial charge >= 0.3 is 0 Å². The van der Waals surface area contributed by atoms with Crippen LogP contribution < -0.4 is 14.4 Å². The topological polar surface area (TPSA) is 75.7 Å². The van der Waals surface area contributed by atoms with Gasteiger partial charge in [0.15, 0.2) is 0 Å². The van der Waals surface area contributed by atoms with Crippen LogP contribution in [-0.2, 0) is 21.4 Å². The third kappa shape index (κ3) is 5.87. The normalized spacial score (nSPS) is 12.3. The van der Waals surface area contributed by atoms with Crippen LogP contribution in [0.4, 0.5) is 5.69 Å². The molecular formula is C21H27ClN2O4S. The van der Waals surface area contributed by atoms with Gasteiger partial charge in [-0.3, -0.25) is 9.10 Å². The van der Waals surface area contributed by atoms with Crippen molar-refractivity contribution in [3.63, 3.8) is 0 Å². The van der Waals surface area contributed by atoms with E-state index in [1.54, 1.807) is 25.1 Å². The lowest BCUT2D eigenvalue weighted by Gasteiger charge is -2.30. The molecule has 2 aromatic rings. The van der Waals surface area contributed by atoms with Gasteiger partial charge in [-0.25, -0.2) is 8.42 Å². The lowest BCUT2D eigenvalue weighted by atomic mass is 10.1. The van der Waals surface area contributed by atoms with Crippen LogP contribution in [0.15, 0.2) is 42.5 Å². The van der Waals surface area contributed by atoms with Gasteiger partial charge in [0.1, 0.15) is 11.8 Å². The molecule has 1 amide bonds. The van der Waals surface area contributed by atoms with Crippen LogP contribution in [0.5, 0.6) is 5.75 Å². The number of carbonyl (C=O) groups is 1. The molecule has 6 nitrogen and oxygen atoms in total. The van der Waals surface area contributed by atoms with Crippen molar-refractivity contribution in [3.8, 4) is 5.75 Å². The van der Waals surface area contributed by atoms with Crippen molar-refractivity contribution in [2.24, 2.45) is 0 Å². The van der Waals surface area contributed by atoms with Gasteiger partial charge in [0.2, 0.25) is 15.9 Å². The van der Waals surface area contributed by atoms with E-state index in [0.29, 0.717) is 29.5 Å². The summed E-state index contributed by atoms with van der Waals surface area (Å²) in [5.74, 6) is 0.301. The lowest BCUT2D eigenvalue weighted by molar-refractivity contribution is -0.122. The Morgan fingerprint density at radius 3 is 2.48 bits per heavy atom. The van der Waals surface area contributed by atoms with Crippen LogP contribution in [-0.4, -0.2) is 33.2 Å². The third-order valence-electron chi connectivity index (χ3n) is 4.47. The Morgan fingerprint density at radius 1 is 1.21 bits per heavy atom. The summed E-state index contributed by atoms with van der Waals surface area (Å²) in [4.78, 5) is 12.9. The molecule has 0 saturated carbocycles. The van der Waals surface area contributed by atoms with Crippen LogP contribution >= 0.6 is 11.6 Å². The van der Waals surface area contributed by atoms with E-state index in [1.807, 2.05) is 38.1 Å². The maximum atomic E-state index is 12.9. The second-order valence-corrected chi connectivity index (χ2v) is 8.94. The van der Waals surface area contributed by atoms with Gasteiger partial charge in [0.05, 0.1) is 18.6 Å². The molecular weight excluding hydrogens is 412 g/mol. The minimum atomic E-state index is -3.71. The van der Waals surface area contributed by atoms with Crippen molar-refractivity contribution in [2.75, 3.05) is 17.2 Å². The molecule has 0 saturated heterocycles. The molecule has 0 heterocycles. The molecule has 8 heteroatoms. The van der Waals surface area contributed by atoms with Gasteiger partial charge in [0, 0.05) is 17.1 Å².